The van der Waals surface area contributed by atoms with Gasteiger partial charge in [0.05, 0.1) is 6.10 Å². The lowest BCUT2D eigenvalue weighted by atomic mass is 10.1. The Morgan fingerprint density at radius 1 is 1.39 bits per heavy atom. The molecule has 0 unspecified atom stereocenters. The predicted octanol–water partition coefficient (Wildman–Crippen LogP) is 2.04. The topological polar surface area (TPSA) is 62.5 Å². The van der Waals surface area contributed by atoms with Crippen LogP contribution in [0.1, 0.15) is 38.8 Å². The van der Waals surface area contributed by atoms with Crippen molar-refractivity contribution in [1.82, 2.24) is 14.6 Å². The lowest BCUT2D eigenvalue weighted by molar-refractivity contribution is 0.183. The standard InChI is InChI=1S/C13H20N4O/c1-4-10(18)7-14-13-12-6-5-11(9(2)3)17(12)16-8-15-13/h5-6,8-10,18H,4,7H2,1-3H3,(H,14,15,16)/t10-/m1/s1. The number of fused-ring (bicyclic) bond motifs is 1. The van der Waals surface area contributed by atoms with Crippen LogP contribution in [-0.4, -0.2) is 32.4 Å². The van der Waals surface area contributed by atoms with Gasteiger partial charge < -0.3 is 10.4 Å². The number of aliphatic hydroxyl groups excluding tert-OH is 1. The highest BCUT2D eigenvalue weighted by Crippen LogP contribution is 2.21. The average molecular weight is 248 g/mol. The monoisotopic (exact) mass is 248 g/mol. The molecule has 0 aliphatic carbocycles. The van der Waals surface area contributed by atoms with Crippen LogP contribution in [0.2, 0.25) is 0 Å². The summed E-state index contributed by atoms with van der Waals surface area (Å²) in [5.41, 5.74) is 2.11. The molecular weight excluding hydrogens is 228 g/mol. The zero-order valence-corrected chi connectivity index (χ0v) is 11.1. The maximum Gasteiger partial charge on any atom is 0.154 e. The van der Waals surface area contributed by atoms with Crippen molar-refractivity contribution in [3.8, 4) is 0 Å². The van der Waals surface area contributed by atoms with Crippen LogP contribution in [0.4, 0.5) is 5.82 Å². The van der Waals surface area contributed by atoms with Crippen LogP contribution in [0.5, 0.6) is 0 Å². The quantitative estimate of drug-likeness (QED) is 0.850. The lowest BCUT2D eigenvalue weighted by Crippen LogP contribution is -2.19. The molecule has 0 saturated heterocycles. The molecule has 0 spiro atoms. The summed E-state index contributed by atoms with van der Waals surface area (Å²) >= 11 is 0. The van der Waals surface area contributed by atoms with Gasteiger partial charge in [-0.05, 0) is 24.5 Å². The first kappa shape index (κ1) is 12.8. The molecule has 2 N–H and O–H groups in total. The Morgan fingerprint density at radius 3 is 2.83 bits per heavy atom. The van der Waals surface area contributed by atoms with E-state index in [9.17, 15) is 5.11 Å². The second-order valence-electron chi connectivity index (χ2n) is 4.76. The third-order valence-electron chi connectivity index (χ3n) is 3.05. The van der Waals surface area contributed by atoms with Gasteiger partial charge in [-0.3, -0.25) is 0 Å². The van der Waals surface area contributed by atoms with Crippen molar-refractivity contribution in [1.29, 1.82) is 0 Å². The Kier molecular flexibility index (Phi) is 3.81. The van der Waals surface area contributed by atoms with Gasteiger partial charge in [0.15, 0.2) is 5.82 Å². The third-order valence-corrected chi connectivity index (χ3v) is 3.05. The summed E-state index contributed by atoms with van der Waals surface area (Å²) in [5, 5.41) is 17.0. The molecule has 0 aliphatic rings. The van der Waals surface area contributed by atoms with Crippen molar-refractivity contribution in [2.24, 2.45) is 0 Å². The molecule has 98 valence electrons. The van der Waals surface area contributed by atoms with Crippen molar-refractivity contribution in [3.05, 3.63) is 24.2 Å². The van der Waals surface area contributed by atoms with Crippen molar-refractivity contribution in [2.45, 2.75) is 39.2 Å². The molecule has 2 rings (SSSR count). The number of rotatable bonds is 5. The van der Waals surface area contributed by atoms with Crippen molar-refractivity contribution >= 4 is 11.3 Å². The molecule has 2 aromatic rings. The number of hydrogen-bond acceptors (Lipinski definition) is 4. The minimum absolute atomic E-state index is 0.348. The molecular formula is C13H20N4O. The third kappa shape index (κ3) is 2.46. The molecule has 0 bridgehead atoms. The fourth-order valence-corrected chi connectivity index (χ4v) is 1.89. The van der Waals surface area contributed by atoms with Gasteiger partial charge in [0.1, 0.15) is 11.8 Å². The van der Waals surface area contributed by atoms with E-state index in [1.165, 1.54) is 0 Å². The molecule has 18 heavy (non-hydrogen) atoms. The van der Waals surface area contributed by atoms with Crippen LogP contribution < -0.4 is 5.32 Å². The zero-order chi connectivity index (χ0) is 13.1. The van der Waals surface area contributed by atoms with E-state index >= 15 is 0 Å². The molecule has 5 nitrogen and oxygen atoms in total. The van der Waals surface area contributed by atoms with Gasteiger partial charge >= 0.3 is 0 Å². The Bertz CT molecular complexity index is 521. The average Bonchev–Trinajstić information content (AvgIpc) is 2.80. The molecule has 2 heterocycles. The minimum Gasteiger partial charge on any atom is -0.391 e. The maximum atomic E-state index is 9.57. The van der Waals surface area contributed by atoms with Gasteiger partial charge in [-0.15, -0.1) is 0 Å². The number of aliphatic hydroxyl groups is 1. The van der Waals surface area contributed by atoms with Crippen LogP contribution in [0.25, 0.3) is 5.52 Å². The number of hydrogen-bond donors (Lipinski definition) is 2. The van der Waals surface area contributed by atoms with Crippen molar-refractivity contribution in [2.75, 3.05) is 11.9 Å². The number of aromatic nitrogens is 3. The largest absolute Gasteiger partial charge is 0.391 e. The lowest BCUT2D eigenvalue weighted by Gasteiger charge is -2.11. The van der Waals surface area contributed by atoms with Crippen LogP contribution in [0.15, 0.2) is 18.5 Å². The molecule has 0 fully saturated rings. The van der Waals surface area contributed by atoms with Gasteiger partial charge in [-0.2, -0.15) is 5.10 Å². The molecule has 2 aromatic heterocycles. The summed E-state index contributed by atoms with van der Waals surface area (Å²) < 4.78 is 1.90. The summed E-state index contributed by atoms with van der Waals surface area (Å²) in [6.07, 6.45) is 1.92. The number of nitrogens with one attached hydrogen (secondary N) is 1. The highest BCUT2D eigenvalue weighted by molar-refractivity contribution is 5.68. The Balaban J connectivity index is 2.29. The van der Waals surface area contributed by atoms with Crippen LogP contribution in [0, 0.1) is 0 Å². The smallest absolute Gasteiger partial charge is 0.154 e. The Hall–Kier alpha value is -1.62. The van der Waals surface area contributed by atoms with E-state index < -0.39 is 0 Å². The van der Waals surface area contributed by atoms with Gasteiger partial charge in [0.2, 0.25) is 0 Å². The van der Waals surface area contributed by atoms with E-state index in [1.54, 1.807) is 6.33 Å². The zero-order valence-electron chi connectivity index (χ0n) is 11.1. The predicted molar refractivity (Wildman–Crippen MR) is 71.9 cm³/mol. The summed E-state index contributed by atoms with van der Waals surface area (Å²) in [6.45, 7) is 6.73. The van der Waals surface area contributed by atoms with E-state index in [-0.39, 0.29) is 6.10 Å². The molecule has 0 aliphatic heterocycles. The highest BCUT2D eigenvalue weighted by atomic mass is 16.3. The molecule has 5 heteroatoms. The van der Waals surface area contributed by atoms with E-state index in [0.29, 0.717) is 12.5 Å². The fraction of sp³-hybridized carbons (Fsp3) is 0.538. The maximum absolute atomic E-state index is 9.57. The fourth-order valence-electron chi connectivity index (χ4n) is 1.89. The molecule has 1 atom stereocenters. The van der Waals surface area contributed by atoms with Crippen molar-refractivity contribution in [3.63, 3.8) is 0 Å². The van der Waals surface area contributed by atoms with Gasteiger partial charge in [-0.25, -0.2) is 9.50 Å². The summed E-state index contributed by atoms with van der Waals surface area (Å²) in [4.78, 5) is 4.23. The number of anilines is 1. The first-order chi connectivity index (χ1) is 8.63. The molecule has 0 saturated carbocycles. The first-order valence-corrected chi connectivity index (χ1v) is 6.38. The summed E-state index contributed by atoms with van der Waals surface area (Å²) in [6, 6.07) is 4.08. The van der Waals surface area contributed by atoms with Crippen LogP contribution in [-0.2, 0) is 0 Å². The summed E-state index contributed by atoms with van der Waals surface area (Å²) in [5.74, 6) is 1.18. The van der Waals surface area contributed by atoms with E-state index in [1.807, 2.05) is 17.5 Å². The molecule has 0 radical (unpaired) electrons. The second-order valence-corrected chi connectivity index (χ2v) is 4.76. The van der Waals surface area contributed by atoms with E-state index in [4.69, 9.17) is 0 Å². The summed E-state index contributed by atoms with van der Waals surface area (Å²) in [7, 11) is 0. The van der Waals surface area contributed by atoms with E-state index in [0.717, 1.165) is 23.4 Å². The molecule has 0 amide bonds. The van der Waals surface area contributed by atoms with Gasteiger partial charge in [0.25, 0.3) is 0 Å². The van der Waals surface area contributed by atoms with Crippen molar-refractivity contribution < 1.29 is 5.11 Å². The van der Waals surface area contributed by atoms with Crippen LogP contribution in [0.3, 0.4) is 0 Å². The SMILES string of the molecule is CC[C@@H](O)CNc1ncnn2c(C(C)C)ccc12. The Labute approximate surface area is 107 Å². The minimum atomic E-state index is -0.348. The Morgan fingerprint density at radius 2 is 2.17 bits per heavy atom. The number of nitrogens with zero attached hydrogens (tertiary/aromatic N) is 3. The van der Waals surface area contributed by atoms with Crippen LogP contribution >= 0.6 is 0 Å². The van der Waals surface area contributed by atoms with Gasteiger partial charge in [-0.1, -0.05) is 20.8 Å². The second kappa shape index (κ2) is 5.35. The normalized spacial score (nSPS) is 13.2. The van der Waals surface area contributed by atoms with E-state index in [2.05, 4.69) is 35.3 Å². The van der Waals surface area contributed by atoms with Gasteiger partial charge in [0, 0.05) is 12.2 Å². The first-order valence-electron chi connectivity index (χ1n) is 6.38. The highest BCUT2D eigenvalue weighted by Gasteiger charge is 2.11. The molecule has 0 aromatic carbocycles.